The molecule has 0 aliphatic heterocycles. The molecule has 0 bridgehead atoms. The van der Waals surface area contributed by atoms with Crippen molar-refractivity contribution in [2.24, 2.45) is 5.10 Å². The molecule has 0 fully saturated rings. The highest BCUT2D eigenvalue weighted by Gasteiger charge is 2.13. The predicted molar refractivity (Wildman–Crippen MR) is 134 cm³/mol. The Labute approximate surface area is 207 Å². The fourth-order valence-corrected chi connectivity index (χ4v) is 2.99. The van der Waals surface area contributed by atoms with Crippen molar-refractivity contribution in [2.75, 3.05) is 24.4 Å². The SMILES string of the molecule is CCc1ccc(NC(=O)C(=O)N/N=C\c2ccc(OCC(=O)Nc3ccc(F)cc3)c(OC)c2)cc1. The molecule has 3 aromatic carbocycles. The second-order valence-electron chi connectivity index (χ2n) is 7.46. The molecule has 0 radical (unpaired) electrons. The quantitative estimate of drug-likeness (QED) is 0.240. The summed E-state index contributed by atoms with van der Waals surface area (Å²) in [6.45, 7) is 1.72. The first-order valence-corrected chi connectivity index (χ1v) is 11.0. The number of carbonyl (C=O) groups excluding carboxylic acids is 3. The molecule has 9 nitrogen and oxygen atoms in total. The number of methoxy groups -OCH3 is 1. The summed E-state index contributed by atoms with van der Waals surface area (Å²) in [4.78, 5) is 36.1. The number of hydrazone groups is 1. The molecule has 0 spiro atoms. The lowest BCUT2D eigenvalue weighted by molar-refractivity contribution is -0.136. The molecular weight excluding hydrogens is 467 g/mol. The lowest BCUT2D eigenvalue weighted by atomic mass is 10.1. The minimum atomic E-state index is -0.926. The number of carbonyl (C=O) groups is 3. The summed E-state index contributed by atoms with van der Waals surface area (Å²) >= 11 is 0. The van der Waals surface area contributed by atoms with E-state index in [-0.39, 0.29) is 6.61 Å². The Bertz CT molecular complexity index is 1240. The van der Waals surface area contributed by atoms with Crippen LogP contribution in [0.1, 0.15) is 18.1 Å². The zero-order valence-electron chi connectivity index (χ0n) is 19.7. The van der Waals surface area contributed by atoms with Crippen molar-refractivity contribution >= 4 is 35.3 Å². The maximum Gasteiger partial charge on any atom is 0.329 e. The lowest BCUT2D eigenvalue weighted by Gasteiger charge is -2.11. The predicted octanol–water partition coefficient (Wildman–Crippen LogP) is 3.50. The van der Waals surface area contributed by atoms with Crippen molar-refractivity contribution in [1.82, 2.24) is 5.43 Å². The molecule has 0 aromatic heterocycles. The zero-order chi connectivity index (χ0) is 25.9. The minimum absolute atomic E-state index is 0.298. The smallest absolute Gasteiger partial charge is 0.329 e. The fraction of sp³-hybridized carbons (Fsp3) is 0.154. The summed E-state index contributed by atoms with van der Waals surface area (Å²) in [6, 6.07) is 17.3. The van der Waals surface area contributed by atoms with Gasteiger partial charge in [-0.05, 0) is 72.1 Å². The Kier molecular flexibility index (Phi) is 9.10. The molecule has 3 rings (SSSR count). The van der Waals surface area contributed by atoms with E-state index in [9.17, 15) is 18.8 Å². The van der Waals surface area contributed by atoms with Crippen LogP contribution in [0, 0.1) is 5.82 Å². The van der Waals surface area contributed by atoms with Crippen LogP contribution in [0.15, 0.2) is 71.8 Å². The van der Waals surface area contributed by atoms with E-state index in [0.29, 0.717) is 28.4 Å². The van der Waals surface area contributed by atoms with Gasteiger partial charge < -0.3 is 20.1 Å². The summed E-state index contributed by atoms with van der Waals surface area (Å²) in [5.74, 6) is -1.98. The van der Waals surface area contributed by atoms with E-state index in [2.05, 4.69) is 21.2 Å². The van der Waals surface area contributed by atoms with Crippen LogP contribution in [0.5, 0.6) is 11.5 Å². The number of hydrogen-bond acceptors (Lipinski definition) is 6. The van der Waals surface area contributed by atoms with Crippen LogP contribution in [0.4, 0.5) is 15.8 Å². The van der Waals surface area contributed by atoms with E-state index in [1.807, 2.05) is 19.1 Å². The van der Waals surface area contributed by atoms with Gasteiger partial charge in [0.25, 0.3) is 5.91 Å². The van der Waals surface area contributed by atoms with Crippen LogP contribution >= 0.6 is 0 Å². The third kappa shape index (κ3) is 7.66. The third-order valence-electron chi connectivity index (χ3n) is 4.88. The molecule has 0 saturated carbocycles. The maximum atomic E-state index is 13.0. The molecule has 0 unspecified atom stereocenters. The van der Waals surface area contributed by atoms with Gasteiger partial charge >= 0.3 is 11.8 Å². The van der Waals surface area contributed by atoms with Crippen molar-refractivity contribution in [2.45, 2.75) is 13.3 Å². The van der Waals surface area contributed by atoms with Gasteiger partial charge in [0, 0.05) is 11.4 Å². The average molecular weight is 493 g/mol. The number of nitrogens with zero attached hydrogens (tertiary/aromatic N) is 1. The van der Waals surface area contributed by atoms with E-state index in [1.165, 1.54) is 37.6 Å². The van der Waals surface area contributed by atoms with Gasteiger partial charge in [-0.3, -0.25) is 14.4 Å². The molecule has 0 aliphatic rings. The highest BCUT2D eigenvalue weighted by Crippen LogP contribution is 2.27. The highest BCUT2D eigenvalue weighted by atomic mass is 19.1. The number of hydrogen-bond donors (Lipinski definition) is 3. The Morgan fingerprint density at radius 1 is 0.889 bits per heavy atom. The van der Waals surface area contributed by atoms with Gasteiger partial charge in [-0.1, -0.05) is 19.1 Å². The largest absolute Gasteiger partial charge is 0.493 e. The number of amides is 3. The molecule has 0 saturated heterocycles. The van der Waals surface area contributed by atoms with E-state index >= 15 is 0 Å². The Morgan fingerprint density at radius 3 is 2.22 bits per heavy atom. The molecule has 0 aliphatic carbocycles. The minimum Gasteiger partial charge on any atom is -0.493 e. The Morgan fingerprint density at radius 2 is 1.56 bits per heavy atom. The molecule has 36 heavy (non-hydrogen) atoms. The average Bonchev–Trinajstić information content (AvgIpc) is 2.89. The number of aryl methyl sites for hydroxylation is 1. The molecule has 3 N–H and O–H groups in total. The lowest BCUT2D eigenvalue weighted by Crippen LogP contribution is -2.32. The molecule has 186 valence electrons. The maximum absolute atomic E-state index is 13.0. The number of anilines is 2. The molecule has 0 heterocycles. The number of benzene rings is 3. The van der Waals surface area contributed by atoms with Gasteiger partial charge in [0.05, 0.1) is 13.3 Å². The van der Waals surface area contributed by atoms with Crippen molar-refractivity contribution in [3.8, 4) is 11.5 Å². The molecule has 3 amide bonds. The summed E-state index contributed by atoms with van der Waals surface area (Å²) < 4.78 is 23.8. The van der Waals surface area contributed by atoms with Crippen LogP contribution in [0.2, 0.25) is 0 Å². The molecule has 3 aromatic rings. The molecular formula is C26H25FN4O5. The highest BCUT2D eigenvalue weighted by molar-refractivity contribution is 6.39. The Hall–Kier alpha value is -4.73. The van der Waals surface area contributed by atoms with Crippen LogP contribution in [0.3, 0.4) is 0 Å². The van der Waals surface area contributed by atoms with Crippen LogP contribution in [0.25, 0.3) is 0 Å². The Balaban J connectivity index is 1.51. The molecule has 10 heteroatoms. The molecule has 0 atom stereocenters. The number of ether oxygens (including phenoxy) is 2. The van der Waals surface area contributed by atoms with Crippen molar-refractivity contribution in [1.29, 1.82) is 0 Å². The summed E-state index contributed by atoms with van der Waals surface area (Å²) in [5, 5.41) is 8.88. The summed E-state index contributed by atoms with van der Waals surface area (Å²) in [7, 11) is 1.43. The monoisotopic (exact) mass is 492 g/mol. The number of nitrogens with one attached hydrogen (secondary N) is 3. The third-order valence-corrected chi connectivity index (χ3v) is 4.88. The topological polar surface area (TPSA) is 118 Å². The second kappa shape index (κ2) is 12.7. The van der Waals surface area contributed by atoms with E-state index in [1.54, 1.807) is 30.3 Å². The van der Waals surface area contributed by atoms with E-state index in [4.69, 9.17) is 9.47 Å². The van der Waals surface area contributed by atoms with Crippen molar-refractivity contribution in [3.05, 3.63) is 83.7 Å². The van der Waals surface area contributed by atoms with Crippen LogP contribution in [-0.4, -0.2) is 37.7 Å². The summed E-state index contributed by atoms with van der Waals surface area (Å²) in [6.07, 6.45) is 2.20. The van der Waals surface area contributed by atoms with Crippen molar-refractivity contribution in [3.63, 3.8) is 0 Å². The standard InChI is InChI=1S/C26H25FN4O5/c1-3-17-4-9-21(10-5-17)30-25(33)26(34)31-28-15-18-6-13-22(23(14-18)35-2)36-16-24(32)29-20-11-7-19(27)8-12-20/h4-15H,3,16H2,1-2H3,(H,29,32)(H,30,33)(H,31,34)/b28-15-. The normalized spacial score (nSPS) is 10.5. The van der Waals surface area contributed by atoms with Gasteiger partial charge in [0.1, 0.15) is 5.82 Å². The van der Waals surface area contributed by atoms with Gasteiger partial charge in [0.2, 0.25) is 0 Å². The zero-order valence-corrected chi connectivity index (χ0v) is 19.7. The number of rotatable bonds is 9. The van der Waals surface area contributed by atoms with Gasteiger partial charge in [0.15, 0.2) is 18.1 Å². The van der Waals surface area contributed by atoms with Gasteiger partial charge in [-0.25, -0.2) is 9.82 Å². The first kappa shape index (κ1) is 25.9. The first-order valence-electron chi connectivity index (χ1n) is 11.0. The van der Waals surface area contributed by atoms with Gasteiger partial charge in [-0.2, -0.15) is 5.10 Å². The van der Waals surface area contributed by atoms with Crippen molar-refractivity contribution < 1.29 is 28.2 Å². The van der Waals surface area contributed by atoms with Gasteiger partial charge in [-0.15, -0.1) is 0 Å². The first-order chi connectivity index (χ1) is 17.4. The van der Waals surface area contributed by atoms with E-state index in [0.717, 1.165) is 12.0 Å². The number of halogens is 1. The van der Waals surface area contributed by atoms with E-state index < -0.39 is 23.5 Å². The van der Waals surface area contributed by atoms with Crippen LogP contribution in [-0.2, 0) is 20.8 Å². The van der Waals surface area contributed by atoms with Crippen LogP contribution < -0.4 is 25.5 Å². The summed E-state index contributed by atoms with van der Waals surface area (Å²) in [5.41, 5.74) is 4.76. The second-order valence-corrected chi connectivity index (χ2v) is 7.46. The fourth-order valence-electron chi connectivity index (χ4n) is 2.99.